The Balaban J connectivity index is 2.11. The third-order valence-electron chi connectivity index (χ3n) is 3.35. The second-order valence-corrected chi connectivity index (χ2v) is 8.19. The van der Waals surface area contributed by atoms with Gasteiger partial charge in [-0.1, -0.05) is 34.8 Å². The van der Waals surface area contributed by atoms with Crippen molar-refractivity contribution in [1.29, 1.82) is 0 Å². The molecule has 0 aromatic heterocycles. The summed E-state index contributed by atoms with van der Waals surface area (Å²) in [4.78, 5) is 12.1. The van der Waals surface area contributed by atoms with Crippen LogP contribution < -0.4 is 14.8 Å². The van der Waals surface area contributed by atoms with Crippen molar-refractivity contribution < 1.29 is 17.9 Å². The topological polar surface area (TPSA) is 84.5 Å². The van der Waals surface area contributed by atoms with Gasteiger partial charge in [0, 0.05) is 5.69 Å². The Morgan fingerprint density at radius 2 is 1.73 bits per heavy atom. The molecule has 0 radical (unpaired) electrons. The van der Waals surface area contributed by atoms with E-state index in [1.54, 1.807) is 6.07 Å². The lowest BCUT2D eigenvalue weighted by Gasteiger charge is -2.15. The van der Waals surface area contributed by atoms with E-state index >= 15 is 0 Å². The molecule has 0 aliphatic carbocycles. The zero-order chi connectivity index (χ0) is 19.5. The molecule has 1 amide bonds. The molecule has 2 N–H and O–H groups in total. The summed E-state index contributed by atoms with van der Waals surface area (Å²) in [6.45, 7) is 1.41. The largest absolute Gasteiger partial charge is 0.495 e. The van der Waals surface area contributed by atoms with Crippen LogP contribution in [-0.4, -0.2) is 27.5 Å². The number of ether oxygens (including phenoxy) is 1. The number of rotatable bonds is 6. The van der Waals surface area contributed by atoms with Gasteiger partial charge in [0.1, 0.15) is 5.75 Å². The smallest absolute Gasteiger partial charge is 0.242 e. The van der Waals surface area contributed by atoms with Crippen LogP contribution in [-0.2, 0) is 14.8 Å². The van der Waals surface area contributed by atoms with Crippen LogP contribution in [0.25, 0.3) is 0 Å². The van der Waals surface area contributed by atoms with Crippen LogP contribution in [0.5, 0.6) is 5.75 Å². The summed E-state index contributed by atoms with van der Waals surface area (Å²) in [5, 5.41) is 3.31. The first-order valence-corrected chi connectivity index (χ1v) is 9.87. The molecule has 26 heavy (non-hydrogen) atoms. The molecular formula is C16H15Cl3N2O4S. The van der Waals surface area contributed by atoms with E-state index in [0.717, 1.165) is 0 Å². The van der Waals surface area contributed by atoms with Gasteiger partial charge in [-0.25, -0.2) is 8.42 Å². The summed E-state index contributed by atoms with van der Waals surface area (Å²) < 4.78 is 32.1. The molecule has 0 saturated carbocycles. The number of carbonyl (C=O) groups excluding carboxylic acids is 1. The molecule has 0 unspecified atom stereocenters. The summed E-state index contributed by atoms with van der Waals surface area (Å²) in [6, 6.07) is 7.49. The molecule has 6 nitrogen and oxygen atoms in total. The van der Waals surface area contributed by atoms with E-state index in [2.05, 4.69) is 10.0 Å². The van der Waals surface area contributed by atoms with Gasteiger partial charge in [0.25, 0.3) is 0 Å². The Morgan fingerprint density at radius 1 is 1.04 bits per heavy atom. The molecule has 1 atom stereocenters. The van der Waals surface area contributed by atoms with Gasteiger partial charge in [0.05, 0.1) is 33.1 Å². The fourth-order valence-corrected chi connectivity index (χ4v) is 3.84. The Morgan fingerprint density at radius 3 is 2.31 bits per heavy atom. The third kappa shape index (κ3) is 5.02. The average molecular weight is 438 g/mol. The van der Waals surface area contributed by atoms with Crippen molar-refractivity contribution in [3.63, 3.8) is 0 Å². The van der Waals surface area contributed by atoms with E-state index in [1.807, 2.05) is 0 Å². The molecule has 0 heterocycles. The van der Waals surface area contributed by atoms with Gasteiger partial charge in [-0.15, -0.1) is 0 Å². The molecule has 0 saturated heterocycles. The molecule has 2 rings (SSSR count). The van der Waals surface area contributed by atoms with Crippen molar-refractivity contribution in [2.75, 3.05) is 12.4 Å². The van der Waals surface area contributed by atoms with Crippen molar-refractivity contribution in [3.05, 3.63) is 51.5 Å². The number of anilines is 1. The number of benzene rings is 2. The third-order valence-corrected chi connectivity index (χ3v) is 5.92. The highest BCUT2D eigenvalue weighted by atomic mass is 35.5. The van der Waals surface area contributed by atoms with E-state index in [0.29, 0.717) is 16.5 Å². The SMILES string of the molecule is COc1ccc(S(=O)(=O)N[C@@H](C)C(=O)Nc2ccc(Cl)c(Cl)c2)cc1Cl. The molecule has 10 heteroatoms. The summed E-state index contributed by atoms with van der Waals surface area (Å²) in [5.74, 6) is -0.220. The first kappa shape index (κ1) is 20.8. The van der Waals surface area contributed by atoms with Crippen molar-refractivity contribution in [3.8, 4) is 5.75 Å². The van der Waals surface area contributed by atoms with E-state index in [9.17, 15) is 13.2 Å². The predicted octanol–water partition coefficient (Wildman–Crippen LogP) is 3.96. The molecule has 0 fully saturated rings. The predicted molar refractivity (Wildman–Crippen MR) is 103 cm³/mol. The normalized spacial score (nSPS) is 12.5. The highest BCUT2D eigenvalue weighted by Crippen LogP contribution is 2.27. The van der Waals surface area contributed by atoms with Gasteiger partial charge >= 0.3 is 0 Å². The van der Waals surface area contributed by atoms with Crippen molar-refractivity contribution in [2.24, 2.45) is 0 Å². The van der Waals surface area contributed by atoms with Crippen LogP contribution in [0.4, 0.5) is 5.69 Å². The van der Waals surface area contributed by atoms with Crippen molar-refractivity contribution in [2.45, 2.75) is 17.9 Å². The Hall–Kier alpha value is -1.51. The van der Waals surface area contributed by atoms with E-state index in [4.69, 9.17) is 39.5 Å². The standard InChI is InChI=1S/C16H15Cl3N2O4S/c1-9(16(22)20-10-3-5-12(17)13(18)7-10)21-26(23,24)11-4-6-15(25-2)14(19)8-11/h3-9,21H,1-2H3,(H,20,22)/t9-/m0/s1. The monoisotopic (exact) mass is 436 g/mol. The van der Waals surface area contributed by atoms with Gasteiger partial charge < -0.3 is 10.1 Å². The minimum atomic E-state index is -3.96. The summed E-state index contributed by atoms with van der Waals surface area (Å²) in [5.41, 5.74) is 0.392. The fourth-order valence-electron chi connectivity index (χ4n) is 1.99. The molecule has 0 aliphatic heterocycles. The second-order valence-electron chi connectivity index (χ2n) is 5.26. The van der Waals surface area contributed by atoms with E-state index in [1.165, 1.54) is 44.4 Å². The Bertz CT molecular complexity index is 935. The molecule has 2 aromatic rings. The lowest BCUT2D eigenvalue weighted by atomic mass is 10.3. The minimum Gasteiger partial charge on any atom is -0.495 e. The molecule has 140 valence electrons. The van der Waals surface area contributed by atoms with E-state index in [-0.39, 0.29) is 14.9 Å². The fraction of sp³-hybridized carbons (Fsp3) is 0.188. The highest BCUT2D eigenvalue weighted by molar-refractivity contribution is 7.89. The lowest BCUT2D eigenvalue weighted by Crippen LogP contribution is -2.41. The zero-order valence-electron chi connectivity index (χ0n) is 13.7. The zero-order valence-corrected chi connectivity index (χ0v) is 16.8. The molecule has 0 spiro atoms. The summed E-state index contributed by atoms with van der Waals surface area (Å²) in [7, 11) is -2.54. The summed E-state index contributed by atoms with van der Waals surface area (Å²) in [6.07, 6.45) is 0. The van der Waals surface area contributed by atoms with Crippen LogP contribution in [0.1, 0.15) is 6.92 Å². The first-order chi connectivity index (χ1) is 12.1. The van der Waals surface area contributed by atoms with Gasteiger partial charge in [-0.2, -0.15) is 4.72 Å². The molecular weight excluding hydrogens is 423 g/mol. The maximum Gasteiger partial charge on any atom is 0.242 e. The van der Waals surface area contributed by atoms with Crippen LogP contribution in [0.15, 0.2) is 41.3 Å². The van der Waals surface area contributed by atoms with Gasteiger partial charge in [0.15, 0.2) is 0 Å². The van der Waals surface area contributed by atoms with Gasteiger partial charge in [-0.3, -0.25) is 4.79 Å². The average Bonchev–Trinajstić information content (AvgIpc) is 2.57. The Labute approximate surface area is 166 Å². The Kier molecular flexibility index (Phi) is 6.76. The van der Waals surface area contributed by atoms with Gasteiger partial charge in [0.2, 0.25) is 15.9 Å². The van der Waals surface area contributed by atoms with Crippen LogP contribution in [0.3, 0.4) is 0 Å². The maximum absolute atomic E-state index is 12.4. The van der Waals surface area contributed by atoms with E-state index < -0.39 is 22.0 Å². The number of hydrogen-bond acceptors (Lipinski definition) is 4. The lowest BCUT2D eigenvalue weighted by molar-refractivity contribution is -0.117. The number of methoxy groups -OCH3 is 1. The molecule has 0 bridgehead atoms. The number of halogens is 3. The number of sulfonamides is 1. The maximum atomic E-state index is 12.4. The second kappa shape index (κ2) is 8.45. The number of nitrogens with one attached hydrogen (secondary N) is 2. The quantitative estimate of drug-likeness (QED) is 0.716. The first-order valence-electron chi connectivity index (χ1n) is 7.26. The van der Waals surface area contributed by atoms with Crippen LogP contribution in [0, 0.1) is 0 Å². The van der Waals surface area contributed by atoms with Crippen molar-refractivity contribution >= 4 is 56.4 Å². The van der Waals surface area contributed by atoms with Gasteiger partial charge in [-0.05, 0) is 43.3 Å². The highest BCUT2D eigenvalue weighted by Gasteiger charge is 2.23. The van der Waals surface area contributed by atoms with Crippen LogP contribution >= 0.6 is 34.8 Å². The minimum absolute atomic E-state index is 0.0857. The van der Waals surface area contributed by atoms with Crippen molar-refractivity contribution in [1.82, 2.24) is 4.72 Å². The molecule has 2 aromatic carbocycles. The number of amides is 1. The number of hydrogen-bond donors (Lipinski definition) is 2. The number of carbonyl (C=O) groups is 1. The summed E-state index contributed by atoms with van der Waals surface area (Å²) >= 11 is 17.6. The molecule has 0 aliphatic rings. The van der Waals surface area contributed by atoms with Crippen LogP contribution in [0.2, 0.25) is 15.1 Å².